The lowest BCUT2D eigenvalue weighted by Crippen LogP contribution is -2.46. The Bertz CT molecular complexity index is 1830. The van der Waals surface area contributed by atoms with Gasteiger partial charge in [0.25, 0.3) is 0 Å². The van der Waals surface area contributed by atoms with Crippen molar-refractivity contribution in [1.29, 1.82) is 0 Å². The van der Waals surface area contributed by atoms with Gasteiger partial charge in [-0.3, -0.25) is 9.47 Å². The van der Waals surface area contributed by atoms with Gasteiger partial charge in [-0.2, -0.15) is 0 Å². The molecule has 1 aliphatic rings. The molecule has 1 saturated heterocycles. The Morgan fingerprint density at radius 3 is 2.29 bits per heavy atom. The number of piperazine rings is 1. The van der Waals surface area contributed by atoms with Gasteiger partial charge in [-0.1, -0.05) is 12.1 Å². The number of rotatable bonds is 6. The number of halogens is 1. The van der Waals surface area contributed by atoms with Crippen LogP contribution in [0.5, 0.6) is 0 Å². The van der Waals surface area contributed by atoms with Crippen LogP contribution in [0.1, 0.15) is 5.56 Å². The molecule has 0 radical (unpaired) electrons. The maximum atomic E-state index is 13.6. The molecule has 0 unspecified atom stereocenters. The first kappa shape index (κ1) is 25.7. The number of imidazole rings is 1. The molecular weight excluding hydrogens is 531 g/mol. The average Bonchev–Trinajstić information content (AvgIpc) is 3.41. The van der Waals surface area contributed by atoms with Crippen LogP contribution in [0.4, 0.5) is 16.2 Å². The van der Waals surface area contributed by atoms with Gasteiger partial charge >= 0.3 is 0 Å². The quantitative estimate of drug-likeness (QED) is 0.318. The number of pyridine rings is 2. The van der Waals surface area contributed by atoms with E-state index >= 15 is 0 Å². The molecule has 0 amide bonds. The first-order valence-corrected chi connectivity index (χ1v) is 13.7. The summed E-state index contributed by atoms with van der Waals surface area (Å²) in [5, 5.41) is 0. The number of nitrogen functional groups attached to an aromatic ring is 1. The number of fused-ring (bicyclic) bond motifs is 1. The van der Waals surface area contributed by atoms with Crippen molar-refractivity contribution in [3.8, 4) is 28.3 Å². The number of nitrogens with zero attached hydrogens (tertiary/aromatic N) is 9. The fraction of sp³-hybridized carbons (Fsp3) is 0.161. The van der Waals surface area contributed by atoms with Gasteiger partial charge in [-0.05, 0) is 66.2 Å². The molecule has 2 N–H and O–H groups in total. The predicted octanol–water partition coefficient (Wildman–Crippen LogP) is 4.38. The summed E-state index contributed by atoms with van der Waals surface area (Å²) >= 11 is 0. The molecule has 1 aliphatic heterocycles. The van der Waals surface area contributed by atoms with Gasteiger partial charge < -0.3 is 10.6 Å². The molecule has 10 nitrogen and oxygen atoms in total. The first-order valence-electron chi connectivity index (χ1n) is 13.7. The van der Waals surface area contributed by atoms with Crippen molar-refractivity contribution < 1.29 is 4.39 Å². The second kappa shape index (κ2) is 10.9. The monoisotopic (exact) mass is 558 g/mol. The fourth-order valence-corrected chi connectivity index (χ4v) is 5.28. The Morgan fingerprint density at radius 1 is 0.786 bits per heavy atom. The lowest BCUT2D eigenvalue weighted by atomic mass is 10.1. The van der Waals surface area contributed by atoms with E-state index in [1.807, 2.05) is 28.8 Å². The normalized spacial score (nSPS) is 14.0. The molecule has 1 fully saturated rings. The summed E-state index contributed by atoms with van der Waals surface area (Å²) in [4.78, 5) is 31.2. The zero-order valence-corrected chi connectivity index (χ0v) is 22.7. The zero-order valence-electron chi connectivity index (χ0n) is 22.7. The highest BCUT2D eigenvalue weighted by molar-refractivity contribution is 5.84. The molecule has 4 aromatic heterocycles. The minimum atomic E-state index is -0.288. The molecule has 0 saturated carbocycles. The summed E-state index contributed by atoms with van der Waals surface area (Å²) in [6, 6.07) is 22.3. The van der Waals surface area contributed by atoms with Gasteiger partial charge in [0.1, 0.15) is 29.8 Å². The predicted molar refractivity (Wildman–Crippen MR) is 159 cm³/mol. The number of aromatic nitrogens is 7. The van der Waals surface area contributed by atoms with Gasteiger partial charge in [0, 0.05) is 50.2 Å². The van der Waals surface area contributed by atoms with Crippen LogP contribution < -0.4 is 10.6 Å². The van der Waals surface area contributed by atoms with Crippen LogP contribution in [0.2, 0.25) is 0 Å². The fourth-order valence-electron chi connectivity index (χ4n) is 5.28. The summed E-state index contributed by atoms with van der Waals surface area (Å²) in [5.74, 6) is 1.48. The highest BCUT2D eigenvalue weighted by atomic mass is 19.1. The van der Waals surface area contributed by atoms with Crippen LogP contribution in [0, 0.1) is 5.82 Å². The number of nitrogens with two attached hydrogens (primary N) is 1. The summed E-state index contributed by atoms with van der Waals surface area (Å²) in [6.45, 7) is 4.40. The number of benzene rings is 2. The lowest BCUT2D eigenvalue weighted by molar-refractivity contribution is 0.248. The third kappa shape index (κ3) is 5.01. The van der Waals surface area contributed by atoms with E-state index in [1.165, 1.54) is 30.4 Å². The van der Waals surface area contributed by atoms with Crippen LogP contribution in [0.25, 0.3) is 39.5 Å². The van der Waals surface area contributed by atoms with E-state index in [0.717, 1.165) is 66.7 Å². The molecule has 7 rings (SSSR count). The largest absolute Gasteiger partial charge is 0.383 e. The lowest BCUT2D eigenvalue weighted by Gasteiger charge is -2.34. The van der Waals surface area contributed by atoms with E-state index in [4.69, 9.17) is 15.7 Å². The van der Waals surface area contributed by atoms with Gasteiger partial charge in [0.15, 0.2) is 11.5 Å². The van der Waals surface area contributed by atoms with Gasteiger partial charge in [-0.15, -0.1) is 0 Å². The number of hydrogen-bond acceptors (Lipinski definition) is 9. The number of hydrogen-bond donors (Lipinski definition) is 1. The van der Waals surface area contributed by atoms with Crippen molar-refractivity contribution in [2.24, 2.45) is 0 Å². The Kier molecular flexibility index (Phi) is 6.68. The molecule has 5 heterocycles. The third-order valence-corrected chi connectivity index (χ3v) is 7.46. The Labute approximate surface area is 241 Å². The molecule has 0 atom stereocenters. The molecule has 42 heavy (non-hydrogen) atoms. The van der Waals surface area contributed by atoms with Gasteiger partial charge in [0.2, 0.25) is 5.95 Å². The van der Waals surface area contributed by atoms with Crippen molar-refractivity contribution in [3.63, 3.8) is 0 Å². The summed E-state index contributed by atoms with van der Waals surface area (Å²) in [7, 11) is 0. The van der Waals surface area contributed by atoms with E-state index < -0.39 is 0 Å². The zero-order chi connectivity index (χ0) is 28.5. The maximum absolute atomic E-state index is 13.6. The van der Waals surface area contributed by atoms with E-state index in [-0.39, 0.29) is 5.82 Å². The van der Waals surface area contributed by atoms with E-state index in [2.05, 4.69) is 54.0 Å². The van der Waals surface area contributed by atoms with E-state index in [1.54, 1.807) is 18.3 Å². The summed E-state index contributed by atoms with van der Waals surface area (Å²) < 4.78 is 15.6. The smallest absolute Gasteiger partial charge is 0.228 e. The molecular formula is C31H27FN10. The summed E-state index contributed by atoms with van der Waals surface area (Å²) in [6.07, 6.45) is 4.73. The Morgan fingerprint density at radius 2 is 1.55 bits per heavy atom. The second-order valence-electron chi connectivity index (χ2n) is 10.1. The molecule has 11 heteroatoms. The van der Waals surface area contributed by atoms with Crippen LogP contribution in [-0.2, 0) is 6.54 Å². The van der Waals surface area contributed by atoms with Crippen LogP contribution >= 0.6 is 0 Å². The minimum Gasteiger partial charge on any atom is -0.383 e. The highest BCUT2D eigenvalue weighted by Crippen LogP contribution is 2.32. The van der Waals surface area contributed by atoms with Gasteiger partial charge in [0.05, 0.1) is 11.3 Å². The maximum Gasteiger partial charge on any atom is 0.228 e. The van der Waals surface area contributed by atoms with Crippen molar-refractivity contribution in [2.75, 3.05) is 36.8 Å². The second-order valence-corrected chi connectivity index (χ2v) is 10.1. The molecule has 0 spiro atoms. The molecule has 0 bridgehead atoms. The van der Waals surface area contributed by atoms with Crippen molar-refractivity contribution >= 4 is 22.9 Å². The first-order chi connectivity index (χ1) is 20.6. The molecule has 6 aromatic rings. The summed E-state index contributed by atoms with van der Waals surface area (Å²) in [5.41, 5.74) is 12.1. The molecule has 0 aliphatic carbocycles. The van der Waals surface area contributed by atoms with Crippen molar-refractivity contribution in [1.82, 2.24) is 39.4 Å². The van der Waals surface area contributed by atoms with Gasteiger partial charge in [-0.25, -0.2) is 34.3 Å². The van der Waals surface area contributed by atoms with Crippen LogP contribution in [-0.4, -0.2) is 65.5 Å². The number of anilines is 2. The standard InChI is InChI=1S/C31H27FN10/c32-23-7-5-22(6-8-23)26-11-12-27-30(38-26)42(29(39-27)25-2-1-13-35-28(25)33)24-9-3-21(4-10-24)18-40-14-16-41(17-15-40)31-36-19-34-20-37-31/h1-13,19-20H,14-18H2,(H2,33,35). The average molecular weight is 559 g/mol. The van der Waals surface area contributed by atoms with Crippen molar-refractivity contribution in [2.45, 2.75) is 6.54 Å². The van der Waals surface area contributed by atoms with Crippen LogP contribution in [0.15, 0.2) is 91.6 Å². The molecule has 2 aromatic carbocycles. The van der Waals surface area contributed by atoms with E-state index in [9.17, 15) is 4.39 Å². The highest BCUT2D eigenvalue weighted by Gasteiger charge is 2.21. The van der Waals surface area contributed by atoms with Crippen LogP contribution in [0.3, 0.4) is 0 Å². The third-order valence-electron chi connectivity index (χ3n) is 7.46. The Balaban J connectivity index is 1.20. The topological polar surface area (TPSA) is 115 Å². The SMILES string of the molecule is Nc1ncccc1-c1nc2ccc(-c3ccc(F)cc3)nc2n1-c1ccc(CN2CCN(c3ncncn3)CC2)cc1. The minimum absolute atomic E-state index is 0.288. The van der Waals surface area contributed by atoms with Crippen molar-refractivity contribution in [3.05, 3.63) is 103 Å². The van der Waals surface area contributed by atoms with E-state index in [0.29, 0.717) is 17.3 Å². The Hall–Kier alpha value is -5.29. The molecule has 208 valence electrons.